The molecule has 21 aromatic carbocycles. The summed E-state index contributed by atoms with van der Waals surface area (Å²) in [5.41, 5.74) is 33.1. The molecule has 0 atom stereocenters. The average Bonchev–Trinajstić information content (AvgIpc) is 1.57. The van der Waals surface area contributed by atoms with E-state index in [1.165, 1.54) is 120 Å². The summed E-state index contributed by atoms with van der Waals surface area (Å²) in [5.74, 6) is 3.81. The summed E-state index contributed by atoms with van der Waals surface area (Å²) in [5, 5.41) is 14.6. The van der Waals surface area contributed by atoms with Crippen LogP contribution in [0.5, 0.6) is 0 Å². The molecule has 672 valence electrons. The second-order valence-electron chi connectivity index (χ2n) is 36.9. The average molecular weight is 1840 g/mol. The lowest BCUT2D eigenvalue weighted by atomic mass is 10.0. The lowest BCUT2D eigenvalue weighted by molar-refractivity contribution is 1.07. The Morgan fingerprint density at radius 2 is 0.271 bits per heavy atom. The molecule has 0 aliphatic rings. The van der Waals surface area contributed by atoms with Crippen molar-refractivity contribution in [3.63, 3.8) is 0 Å². The maximum Gasteiger partial charge on any atom is 0.164 e. The van der Waals surface area contributed by atoms with Gasteiger partial charge in [-0.05, 0) is 209 Å². The van der Waals surface area contributed by atoms with Crippen molar-refractivity contribution in [2.45, 2.75) is 0 Å². The molecule has 0 saturated heterocycles. The van der Waals surface area contributed by atoms with Gasteiger partial charge in [-0.3, -0.25) is 0 Å². The van der Waals surface area contributed by atoms with E-state index in [9.17, 15) is 0 Å². The van der Waals surface area contributed by atoms with E-state index < -0.39 is 0 Å². The van der Waals surface area contributed by atoms with Crippen molar-refractivity contribution in [2.75, 3.05) is 0 Å². The number of para-hydroxylation sites is 8. The first-order chi connectivity index (χ1) is 71.4. The van der Waals surface area contributed by atoms with Gasteiger partial charge in [0.2, 0.25) is 0 Å². The zero-order chi connectivity index (χ0) is 94.8. The minimum absolute atomic E-state index is 0.624. The minimum atomic E-state index is 0.624. The summed E-state index contributed by atoms with van der Waals surface area (Å²) in [4.78, 5) is 30.0. The van der Waals surface area contributed by atoms with Crippen molar-refractivity contribution in [2.24, 2.45) is 0 Å². The van der Waals surface area contributed by atoms with Gasteiger partial charge < -0.3 is 27.4 Å². The molecule has 0 bridgehead atoms. The smallest absolute Gasteiger partial charge is 0.164 e. The van der Waals surface area contributed by atoms with Crippen molar-refractivity contribution < 1.29 is 0 Å². The quantitative estimate of drug-likeness (QED) is 0.101. The zero-order valence-electron chi connectivity index (χ0n) is 77.9. The number of benzene rings is 21. The Kier molecular flexibility index (Phi) is 19.7. The Labute approximate surface area is 827 Å². The molecule has 8 aromatic heterocycles. The third-order valence-electron chi connectivity index (χ3n) is 28.5. The highest BCUT2D eigenvalue weighted by atomic mass is 15.1. The fourth-order valence-corrected chi connectivity index (χ4v) is 22.0. The molecule has 0 saturated carbocycles. The Balaban J connectivity index is 0.000000141. The molecule has 8 heterocycles. The van der Waals surface area contributed by atoms with Crippen LogP contribution >= 0.6 is 0 Å². The monoisotopic (exact) mass is 1840 g/mol. The number of fused-ring (bicyclic) bond motifs is 18. The van der Waals surface area contributed by atoms with Crippen LogP contribution in [0.25, 0.3) is 267 Å². The maximum atomic E-state index is 5.06. The molecular weight excluding hydrogens is 1750 g/mol. The Morgan fingerprint density at radius 1 is 0.0972 bits per heavy atom. The molecule has 0 unspecified atom stereocenters. The van der Waals surface area contributed by atoms with Gasteiger partial charge in [-0.1, -0.05) is 334 Å². The van der Waals surface area contributed by atoms with Crippen molar-refractivity contribution in [1.82, 2.24) is 57.3 Å². The molecule has 12 nitrogen and oxygen atoms in total. The topological polar surface area (TPSA) is 107 Å². The summed E-state index contributed by atoms with van der Waals surface area (Å²) < 4.78 is 14.4. The van der Waals surface area contributed by atoms with Crippen LogP contribution in [0, 0.1) is 0 Å². The standard InChI is InChI=1S/C69H44N6.C63H40N6/c1-4-18-45(19-5-1)67-70-68(46-20-6-2-7-21-46)72-69(71-67)51-24-16-22-47(40-51)48-23-17-27-53(41-48)74-63-33-15-12-30-57(63)58-42-49(34-37-64(58)74)50-35-38-65-59(43-50)60-44-54(36-39-66(60)73(65)52-25-8-3-9-26-52)75-61-31-13-10-28-55(61)56-29-11-14-32-62(56)75;1-4-17-41(18-5-1)61-64-62(42-19-6-2-7-20-42)66-63(65-61)45-21-16-24-47(37-45)68-57-30-15-12-27-51(57)52-38-43(31-34-58(52)68)44-32-35-59-53(39-44)54-40-48(33-36-60(54)67(59)46-22-8-3-9-23-46)69-55-28-13-10-25-49(55)50-26-11-14-29-56(50)69/h1-44H;1-40H. The molecule has 0 radical (unpaired) electrons. The van der Waals surface area contributed by atoms with Crippen LogP contribution in [-0.4, -0.2) is 57.3 Å². The molecule has 0 aliphatic heterocycles. The molecule has 0 aliphatic carbocycles. The number of hydrogen-bond donors (Lipinski definition) is 0. The van der Waals surface area contributed by atoms with Crippen molar-refractivity contribution >= 4 is 131 Å². The largest absolute Gasteiger partial charge is 0.309 e. The summed E-state index contributed by atoms with van der Waals surface area (Å²) in [6, 6.07) is 182. The minimum Gasteiger partial charge on any atom is -0.309 e. The van der Waals surface area contributed by atoms with Crippen molar-refractivity contribution in [3.05, 3.63) is 510 Å². The van der Waals surface area contributed by atoms with Gasteiger partial charge in [0.1, 0.15) is 0 Å². The van der Waals surface area contributed by atoms with Crippen LogP contribution in [0.15, 0.2) is 510 Å². The molecule has 29 rings (SSSR count). The van der Waals surface area contributed by atoms with E-state index in [1.54, 1.807) is 0 Å². The highest BCUT2D eigenvalue weighted by molar-refractivity contribution is 6.18. The Hall–Kier alpha value is -19.6. The predicted molar refractivity (Wildman–Crippen MR) is 595 cm³/mol. The summed E-state index contributed by atoms with van der Waals surface area (Å²) in [6.45, 7) is 0. The number of rotatable bonds is 15. The molecule has 0 fully saturated rings. The third kappa shape index (κ3) is 14.1. The molecule has 0 N–H and O–H groups in total. The van der Waals surface area contributed by atoms with Gasteiger partial charge in [-0.25, -0.2) is 29.9 Å². The van der Waals surface area contributed by atoms with Gasteiger partial charge >= 0.3 is 0 Å². The first-order valence-electron chi connectivity index (χ1n) is 48.8. The Morgan fingerprint density at radius 3 is 0.576 bits per heavy atom. The van der Waals surface area contributed by atoms with Crippen LogP contribution in [0.2, 0.25) is 0 Å². The zero-order valence-corrected chi connectivity index (χ0v) is 77.9. The number of aromatic nitrogens is 12. The first-order valence-corrected chi connectivity index (χ1v) is 48.8. The summed E-state index contributed by atoms with van der Waals surface area (Å²) in [7, 11) is 0. The normalized spacial score (nSPS) is 11.8. The van der Waals surface area contributed by atoms with Crippen LogP contribution < -0.4 is 0 Å². The van der Waals surface area contributed by atoms with E-state index >= 15 is 0 Å². The first kappa shape index (κ1) is 82.7. The predicted octanol–water partition coefficient (Wildman–Crippen LogP) is 33.3. The van der Waals surface area contributed by atoms with Gasteiger partial charge in [-0.15, -0.1) is 0 Å². The van der Waals surface area contributed by atoms with E-state index in [-0.39, 0.29) is 0 Å². The molecule has 0 amide bonds. The third-order valence-corrected chi connectivity index (χ3v) is 28.5. The van der Waals surface area contributed by atoms with E-state index in [0.717, 1.165) is 112 Å². The van der Waals surface area contributed by atoms with Crippen LogP contribution in [0.1, 0.15) is 0 Å². The fourth-order valence-electron chi connectivity index (χ4n) is 22.0. The second kappa shape index (κ2) is 34.3. The SMILES string of the molecule is c1ccc(-c2nc(-c3ccccc3)nc(-c3cccc(-c4cccc(-n5c6ccccc6c6cc(-c7ccc8c(c7)c7cc(-n9c%10ccccc%10c%10ccccc%109)ccc7n8-c7ccccc7)ccc65)c4)c3)n2)cc1.c1ccc(-c2nc(-c3ccccc3)nc(-c3cccc(-n4c5ccccc5c5cc(-c6ccc7c(c6)c6cc(-n8c9ccccc9c9ccccc98)ccc6n7-c6ccccc6)ccc54)c3)n2)cc1. The van der Waals surface area contributed by atoms with Gasteiger partial charge in [-0.2, -0.15) is 0 Å². The molecular formula is C132H84N12. The van der Waals surface area contributed by atoms with E-state index in [4.69, 9.17) is 29.9 Å². The number of hydrogen-bond acceptors (Lipinski definition) is 6. The summed E-state index contributed by atoms with van der Waals surface area (Å²) >= 11 is 0. The Bertz CT molecular complexity index is 9940. The maximum absolute atomic E-state index is 5.06. The van der Waals surface area contributed by atoms with E-state index in [2.05, 4.69) is 416 Å². The van der Waals surface area contributed by atoms with E-state index in [1.807, 2.05) is 121 Å². The van der Waals surface area contributed by atoms with Crippen molar-refractivity contribution in [1.29, 1.82) is 0 Å². The lowest BCUT2D eigenvalue weighted by Gasteiger charge is -2.12. The molecule has 0 spiro atoms. The second-order valence-corrected chi connectivity index (χ2v) is 36.9. The molecule has 29 aromatic rings. The van der Waals surface area contributed by atoms with Crippen LogP contribution in [-0.2, 0) is 0 Å². The molecule has 12 heteroatoms. The van der Waals surface area contributed by atoms with Gasteiger partial charge in [0.05, 0.1) is 66.2 Å². The van der Waals surface area contributed by atoms with Gasteiger partial charge in [0, 0.05) is 132 Å². The highest BCUT2D eigenvalue weighted by Crippen LogP contribution is 2.46. The lowest BCUT2D eigenvalue weighted by Crippen LogP contribution is -2.01. The highest BCUT2D eigenvalue weighted by Gasteiger charge is 2.26. The van der Waals surface area contributed by atoms with Gasteiger partial charge in [0.15, 0.2) is 34.9 Å². The van der Waals surface area contributed by atoms with E-state index in [0.29, 0.717) is 34.9 Å². The molecule has 144 heavy (non-hydrogen) atoms. The van der Waals surface area contributed by atoms with Crippen molar-refractivity contribution in [3.8, 4) is 136 Å². The van der Waals surface area contributed by atoms with Crippen LogP contribution in [0.4, 0.5) is 0 Å². The van der Waals surface area contributed by atoms with Gasteiger partial charge in [0.25, 0.3) is 0 Å². The summed E-state index contributed by atoms with van der Waals surface area (Å²) in [6.07, 6.45) is 0. The number of nitrogens with zero attached hydrogens (tertiary/aromatic N) is 12. The van der Waals surface area contributed by atoms with Crippen LogP contribution in [0.3, 0.4) is 0 Å². The fraction of sp³-hybridized carbons (Fsp3) is 0.